The van der Waals surface area contributed by atoms with Crippen molar-refractivity contribution in [2.24, 2.45) is 0 Å². The average Bonchev–Trinajstić information content (AvgIpc) is 3.41. The van der Waals surface area contributed by atoms with Crippen LogP contribution in [0.15, 0.2) is 42.5 Å². The molecule has 0 saturated carbocycles. The van der Waals surface area contributed by atoms with Gasteiger partial charge in [0.15, 0.2) is 0 Å². The average molecular weight is 495 g/mol. The van der Waals surface area contributed by atoms with Gasteiger partial charge in [-0.25, -0.2) is 0 Å². The lowest BCUT2D eigenvalue weighted by Crippen LogP contribution is -2.47. The van der Waals surface area contributed by atoms with Gasteiger partial charge < -0.3 is 20.4 Å². The van der Waals surface area contributed by atoms with Crippen LogP contribution in [0.1, 0.15) is 36.2 Å². The standard InChI is InChI=1S/C25H27F5N4O/c1-14-10-19-17-4-2-3-5-20(17)33-22(19)23(34(14)13-25(28,29)30)18-7-6-15(11-21(18)35-24(26)27)32-16-8-9-31-12-16/h2-7,11,14,16,23-24,31-33H,8-10,12-13H2,1H3/t14-,16+,23-/m1/s1. The van der Waals surface area contributed by atoms with E-state index in [4.69, 9.17) is 4.74 Å². The predicted octanol–water partition coefficient (Wildman–Crippen LogP) is 5.44. The Labute approximate surface area is 199 Å². The minimum Gasteiger partial charge on any atom is -0.434 e. The van der Waals surface area contributed by atoms with Gasteiger partial charge in [0.2, 0.25) is 0 Å². The summed E-state index contributed by atoms with van der Waals surface area (Å²) in [5.41, 5.74) is 3.13. The van der Waals surface area contributed by atoms with Crippen molar-refractivity contribution >= 4 is 16.6 Å². The number of nitrogens with zero attached hydrogens (tertiary/aromatic N) is 1. The van der Waals surface area contributed by atoms with Crippen molar-refractivity contribution < 1.29 is 26.7 Å². The SMILES string of the molecule is C[C@@H]1Cc2c([nH]c3ccccc23)[C@@H](c2ccc(N[C@H]3CCNC3)cc2OC(F)F)N1CC(F)(F)F. The highest BCUT2D eigenvalue weighted by atomic mass is 19.4. The molecule has 3 aromatic rings. The minimum atomic E-state index is -4.46. The molecule has 0 aliphatic carbocycles. The first-order valence-electron chi connectivity index (χ1n) is 11.7. The van der Waals surface area contributed by atoms with E-state index in [0.29, 0.717) is 17.8 Å². The highest BCUT2D eigenvalue weighted by Gasteiger charge is 2.43. The smallest absolute Gasteiger partial charge is 0.401 e. The van der Waals surface area contributed by atoms with Crippen molar-refractivity contribution in [3.63, 3.8) is 0 Å². The van der Waals surface area contributed by atoms with Gasteiger partial charge in [-0.05, 0) is 44.0 Å². The molecule has 2 aliphatic heterocycles. The molecule has 0 bridgehead atoms. The molecule has 3 atom stereocenters. The highest BCUT2D eigenvalue weighted by molar-refractivity contribution is 5.85. The summed E-state index contributed by atoms with van der Waals surface area (Å²) in [7, 11) is 0. The van der Waals surface area contributed by atoms with E-state index >= 15 is 0 Å². The molecule has 35 heavy (non-hydrogen) atoms. The number of H-pyrrole nitrogens is 1. The molecule has 2 aromatic carbocycles. The number of aromatic nitrogens is 1. The van der Waals surface area contributed by atoms with Gasteiger partial charge in [-0.3, -0.25) is 4.90 Å². The molecule has 5 nitrogen and oxygen atoms in total. The molecule has 10 heteroatoms. The first-order chi connectivity index (χ1) is 16.7. The third-order valence-electron chi connectivity index (χ3n) is 6.83. The van der Waals surface area contributed by atoms with Crippen LogP contribution in [-0.4, -0.2) is 54.4 Å². The molecule has 0 unspecified atom stereocenters. The van der Waals surface area contributed by atoms with Crippen molar-refractivity contribution in [3.05, 3.63) is 59.3 Å². The van der Waals surface area contributed by atoms with Crippen LogP contribution in [0.4, 0.5) is 27.6 Å². The lowest BCUT2D eigenvalue weighted by molar-refractivity contribution is -0.155. The van der Waals surface area contributed by atoms with Gasteiger partial charge in [0.05, 0.1) is 12.6 Å². The number of anilines is 1. The van der Waals surface area contributed by atoms with Gasteiger partial charge in [-0.15, -0.1) is 0 Å². The Morgan fingerprint density at radius 2 is 1.97 bits per heavy atom. The summed E-state index contributed by atoms with van der Waals surface area (Å²) in [6, 6.07) is 11.0. The van der Waals surface area contributed by atoms with Gasteiger partial charge in [0.1, 0.15) is 5.75 Å². The molecule has 2 aliphatic rings. The lowest BCUT2D eigenvalue weighted by atomic mass is 9.88. The molecule has 188 valence electrons. The van der Waals surface area contributed by atoms with Crippen molar-refractivity contribution in [2.75, 3.05) is 25.0 Å². The maximum atomic E-state index is 13.7. The van der Waals surface area contributed by atoms with E-state index in [2.05, 4.69) is 15.6 Å². The molecule has 1 aromatic heterocycles. The van der Waals surface area contributed by atoms with Crippen LogP contribution < -0.4 is 15.4 Å². The quantitative estimate of drug-likeness (QED) is 0.400. The van der Waals surface area contributed by atoms with E-state index in [-0.39, 0.29) is 17.4 Å². The summed E-state index contributed by atoms with van der Waals surface area (Å²) in [6.07, 6.45) is -3.17. The zero-order valence-corrected chi connectivity index (χ0v) is 19.1. The molecular weight excluding hydrogens is 467 g/mol. The maximum absolute atomic E-state index is 13.7. The third kappa shape index (κ3) is 4.95. The third-order valence-corrected chi connectivity index (χ3v) is 6.83. The second-order valence-corrected chi connectivity index (χ2v) is 9.27. The van der Waals surface area contributed by atoms with Crippen LogP contribution in [0, 0.1) is 0 Å². The summed E-state index contributed by atoms with van der Waals surface area (Å²) >= 11 is 0. The van der Waals surface area contributed by atoms with Gasteiger partial charge in [0, 0.05) is 52.5 Å². The van der Waals surface area contributed by atoms with Crippen LogP contribution in [0.2, 0.25) is 0 Å². The Balaban J connectivity index is 1.63. The van der Waals surface area contributed by atoms with E-state index in [1.165, 1.54) is 11.0 Å². The van der Waals surface area contributed by atoms with E-state index < -0.39 is 31.4 Å². The monoisotopic (exact) mass is 494 g/mol. The van der Waals surface area contributed by atoms with E-state index in [1.807, 2.05) is 24.3 Å². The van der Waals surface area contributed by atoms with E-state index in [0.717, 1.165) is 36.0 Å². The second kappa shape index (κ2) is 9.31. The molecule has 5 rings (SSSR count). The molecule has 1 fully saturated rings. The fourth-order valence-electron chi connectivity index (χ4n) is 5.36. The van der Waals surface area contributed by atoms with Crippen molar-refractivity contribution in [3.8, 4) is 5.75 Å². The number of alkyl halides is 5. The Morgan fingerprint density at radius 1 is 1.17 bits per heavy atom. The van der Waals surface area contributed by atoms with Crippen LogP contribution in [0.3, 0.4) is 0 Å². The molecular formula is C25H27F5N4O. The number of ether oxygens (including phenoxy) is 1. The van der Waals surface area contributed by atoms with Crippen LogP contribution in [0.5, 0.6) is 5.75 Å². The fraction of sp³-hybridized carbons (Fsp3) is 0.440. The number of benzene rings is 2. The minimum absolute atomic E-state index is 0.133. The summed E-state index contributed by atoms with van der Waals surface area (Å²) in [5.74, 6) is -0.133. The normalized spacial score (nSPS) is 23.1. The number of nitrogens with one attached hydrogen (secondary N) is 3. The van der Waals surface area contributed by atoms with Crippen molar-refractivity contribution in [2.45, 2.75) is 50.7 Å². The summed E-state index contributed by atoms with van der Waals surface area (Å²) < 4.78 is 72.8. The first kappa shape index (κ1) is 23.9. The van der Waals surface area contributed by atoms with Crippen LogP contribution in [0.25, 0.3) is 10.9 Å². The molecule has 0 radical (unpaired) electrons. The number of hydrogen-bond acceptors (Lipinski definition) is 4. The first-order valence-corrected chi connectivity index (χ1v) is 11.7. The zero-order chi connectivity index (χ0) is 24.7. The number of halogens is 5. The van der Waals surface area contributed by atoms with Crippen molar-refractivity contribution in [1.29, 1.82) is 0 Å². The topological polar surface area (TPSA) is 52.3 Å². The number of fused-ring (bicyclic) bond motifs is 3. The molecule has 0 spiro atoms. The van der Waals surface area contributed by atoms with Crippen LogP contribution >= 0.6 is 0 Å². The van der Waals surface area contributed by atoms with Gasteiger partial charge in [0.25, 0.3) is 0 Å². The van der Waals surface area contributed by atoms with E-state index in [9.17, 15) is 22.0 Å². The number of hydrogen-bond donors (Lipinski definition) is 3. The summed E-state index contributed by atoms with van der Waals surface area (Å²) in [5, 5.41) is 7.45. The molecule has 3 N–H and O–H groups in total. The fourth-order valence-corrected chi connectivity index (χ4v) is 5.36. The largest absolute Gasteiger partial charge is 0.434 e. The van der Waals surface area contributed by atoms with Crippen LogP contribution in [-0.2, 0) is 6.42 Å². The van der Waals surface area contributed by atoms with Gasteiger partial charge in [-0.2, -0.15) is 22.0 Å². The summed E-state index contributed by atoms with van der Waals surface area (Å²) in [6.45, 7) is -0.956. The maximum Gasteiger partial charge on any atom is 0.401 e. The molecule has 1 saturated heterocycles. The van der Waals surface area contributed by atoms with Crippen molar-refractivity contribution in [1.82, 2.24) is 15.2 Å². The highest BCUT2D eigenvalue weighted by Crippen LogP contribution is 2.45. The Morgan fingerprint density at radius 3 is 2.69 bits per heavy atom. The van der Waals surface area contributed by atoms with Gasteiger partial charge >= 0.3 is 12.8 Å². The number of aromatic amines is 1. The Bertz CT molecular complexity index is 1190. The Kier molecular flexibility index (Phi) is 6.35. The second-order valence-electron chi connectivity index (χ2n) is 9.27. The number of rotatable bonds is 6. The van der Waals surface area contributed by atoms with E-state index in [1.54, 1.807) is 19.1 Å². The number of para-hydroxylation sites is 1. The predicted molar refractivity (Wildman–Crippen MR) is 124 cm³/mol. The Hall–Kier alpha value is -2.85. The lowest BCUT2D eigenvalue weighted by Gasteiger charge is -2.41. The molecule has 0 amide bonds. The summed E-state index contributed by atoms with van der Waals surface area (Å²) in [4.78, 5) is 4.60. The zero-order valence-electron chi connectivity index (χ0n) is 19.1. The molecule has 3 heterocycles. The van der Waals surface area contributed by atoms with Gasteiger partial charge in [-0.1, -0.05) is 24.3 Å².